The Labute approximate surface area is 149 Å². The van der Waals surface area contributed by atoms with Gasteiger partial charge >= 0.3 is 6.18 Å². The zero-order chi connectivity index (χ0) is 18.9. The molecule has 2 aromatic rings. The van der Waals surface area contributed by atoms with Crippen molar-refractivity contribution in [1.82, 2.24) is 10.3 Å². The van der Waals surface area contributed by atoms with Crippen LogP contribution in [0.4, 0.5) is 18.9 Å². The number of piperidine rings is 1. The zero-order valence-corrected chi connectivity index (χ0v) is 14.2. The van der Waals surface area contributed by atoms with E-state index in [1.807, 2.05) is 17.7 Å². The molecule has 1 saturated heterocycles. The number of aromatic nitrogens is 1. The number of carbonyl (C=O) groups excluding carboxylic acids is 1. The highest BCUT2D eigenvalue weighted by molar-refractivity contribution is 5.95. The van der Waals surface area contributed by atoms with E-state index in [0.29, 0.717) is 24.2 Å². The van der Waals surface area contributed by atoms with Crippen LogP contribution >= 0.6 is 0 Å². The molecule has 4 nitrogen and oxygen atoms in total. The molecular formula is C19H18F3N3O. The van der Waals surface area contributed by atoms with Crippen molar-refractivity contribution in [1.29, 1.82) is 0 Å². The van der Waals surface area contributed by atoms with E-state index in [-0.39, 0.29) is 17.5 Å². The summed E-state index contributed by atoms with van der Waals surface area (Å²) >= 11 is 0. The molecule has 26 heavy (non-hydrogen) atoms. The largest absolute Gasteiger partial charge is 0.418 e. The number of fused-ring (bicyclic) bond motifs is 1. The lowest BCUT2D eigenvalue weighted by Crippen LogP contribution is -2.50. The molecule has 3 rings (SSSR count). The number of hydrogen-bond donors (Lipinski definition) is 1. The molecular weight excluding hydrogens is 343 g/mol. The SMILES string of the molecule is C#CC(=O)NC1C[C@H](C)CN(c2ccc(C(F)(F)F)c3ncccc23)C1. The predicted octanol–water partition coefficient (Wildman–Crippen LogP) is 3.22. The van der Waals surface area contributed by atoms with Crippen molar-refractivity contribution in [3.05, 3.63) is 36.0 Å². The molecule has 2 heterocycles. The van der Waals surface area contributed by atoms with Crippen LogP contribution in [-0.4, -0.2) is 30.0 Å². The number of alkyl halides is 3. The van der Waals surface area contributed by atoms with Gasteiger partial charge in [0, 0.05) is 36.4 Å². The smallest absolute Gasteiger partial charge is 0.369 e. The number of nitrogens with one attached hydrogen (secondary N) is 1. The Balaban J connectivity index is 2.00. The molecule has 0 bridgehead atoms. The average molecular weight is 361 g/mol. The number of rotatable bonds is 2. The Morgan fingerprint density at radius 1 is 1.35 bits per heavy atom. The summed E-state index contributed by atoms with van der Waals surface area (Å²) < 4.78 is 39.8. The van der Waals surface area contributed by atoms with Crippen LogP contribution in [0, 0.1) is 18.3 Å². The normalized spacial score (nSPS) is 20.7. The highest BCUT2D eigenvalue weighted by Crippen LogP contribution is 2.38. The minimum atomic E-state index is -4.47. The van der Waals surface area contributed by atoms with Gasteiger partial charge in [-0.05, 0) is 42.5 Å². The number of amides is 1. The van der Waals surface area contributed by atoms with Crippen LogP contribution in [0.5, 0.6) is 0 Å². The number of nitrogens with zero attached hydrogens (tertiary/aromatic N) is 2. The van der Waals surface area contributed by atoms with E-state index in [9.17, 15) is 18.0 Å². The van der Waals surface area contributed by atoms with Gasteiger partial charge in [-0.25, -0.2) is 0 Å². The fourth-order valence-corrected chi connectivity index (χ4v) is 3.54. The third kappa shape index (κ3) is 3.59. The van der Waals surface area contributed by atoms with Crippen molar-refractivity contribution in [2.24, 2.45) is 5.92 Å². The number of terminal acetylenes is 1. The lowest BCUT2D eigenvalue weighted by Gasteiger charge is -2.38. The van der Waals surface area contributed by atoms with Crippen molar-refractivity contribution < 1.29 is 18.0 Å². The quantitative estimate of drug-likeness (QED) is 0.836. The molecule has 0 aliphatic carbocycles. The lowest BCUT2D eigenvalue weighted by atomic mass is 9.94. The van der Waals surface area contributed by atoms with E-state index < -0.39 is 17.6 Å². The summed E-state index contributed by atoms with van der Waals surface area (Å²) in [6.07, 6.45) is 2.76. The predicted molar refractivity (Wildman–Crippen MR) is 93.5 cm³/mol. The van der Waals surface area contributed by atoms with Gasteiger partial charge in [-0.2, -0.15) is 13.2 Å². The van der Waals surface area contributed by atoms with Gasteiger partial charge in [-0.1, -0.05) is 6.92 Å². The minimum absolute atomic E-state index is 0.0695. The summed E-state index contributed by atoms with van der Waals surface area (Å²) in [6.45, 7) is 3.19. The molecule has 1 fully saturated rings. The average Bonchev–Trinajstić information content (AvgIpc) is 2.59. The molecule has 1 N–H and O–H groups in total. The summed E-state index contributed by atoms with van der Waals surface area (Å²) in [6, 6.07) is 5.65. The summed E-state index contributed by atoms with van der Waals surface area (Å²) in [5.74, 6) is 1.80. The third-order valence-electron chi connectivity index (χ3n) is 4.52. The second-order valence-electron chi connectivity index (χ2n) is 6.59. The van der Waals surface area contributed by atoms with Crippen molar-refractivity contribution in [3.8, 4) is 12.3 Å². The van der Waals surface area contributed by atoms with E-state index in [1.54, 1.807) is 12.1 Å². The molecule has 1 aliphatic rings. The highest BCUT2D eigenvalue weighted by atomic mass is 19.4. The highest BCUT2D eigenvalue weighted by Gasteiger charge is 2.34. The van der Waals surface area contributed by atoms with Crippen LogP contribution < -0.4 is 10.2 Å². The molecule has 0 spiro atoms. The van der Waals surface area contributed by atoms with Gasteiger partial charge in [0.25, 0.3) is 5.91 Å². The van der Waals surface area contributed by atoms with Crippen LogP contribution in [0.2, 0.25) is 0 Å². The lowest BCUT2D eigenvalue weighted by molar-refractivity contribution is -0.136. The maximum absolute atomic E-state index is 13.3. The topological polar surface area (TPSA) is 45.2 Å². The van der Waals surface area contributed by atoms with Gasteiger partial charge in [-0.3, -0.25) is 9.78 Å². The molecule has 1 aromatic heterocycles. The second-order valence-corrected chi connectivity index (χ2v) is 6.59. The van der Waals surface area contributed by atoms with Gasteiger partial charge in [0.2, 0.25) is 0 Å². The first-order valence-electron chi connectivity index (χ1n) is 8.26. The molecule has 0 radical (unpaired) electrons. The van der Waals surface area contributed by atoms with Gasteiger partial charge in [0.05, 0.1) is 11.1 Å². The fourth-order valence-electron chi connectivity index (χ4n) is 3.54. The Kier molecular flexibility index (Phi) is 4.77. The second kappa shape index (κ2) is 6.87. The summed E-state index contributed by atoms with van der Waals surface area (Å²) in [5.41, 5.74) is -0.147. The monoisotopic (exact) mass is 361 g/mol. The van der Waals surface area contributed by atoms with Gasteiger partial charge in [0.15, 0.2) is 0 Å². The van der Waals surface area contributed by atoms with E-state index in [1.165, 1.54) is 12.3 Å². The van der Waals surface area contributed by atoms with E-state index >= 15 is 0 Å². The van der Waals surface area contributed by atoms with Crippen molar-refractivity contribution in [2.75, 3.05) is 18.0 Å². The van der Waals surface area contributed by atoms with Crippen LogP contribution in [0.1, 0.15) is 18.9 Å². The summed E-state index contributed by atoms with van der Waals surface area (Å²) in [7, 11) is 0. The molecule has 1 aliphatic heterocycles. The summed E-state index contributed by atoms with van der Waals surface area (Å²) in [4.78, 5) is 17.4. The Morgan fingerprint density at radius 2 is 2.12 bits per heavy atom. The minimum Gasteiger partial charge on any atom is -0.369 e. The zero-order valence-electron chi connectivity index (χ0n) is 14.2. The third-order valence-corrected chi connectivity index (χ3v) is 4.52. The number of anilines is 1. The number of carbonyl (C=O) groups is 1. The van der Waals surface area contributed by atoms with E-state index in [4.69, 9.17) is 6.42 Å². The van der Waals surface area contributed by atoms with Crippen LogP contribution in [-0.2, 0) is 11.0 Å². The van der Waals surface area contributed by atoms with Gasteiger partial charge < -0.3 is 10.2 Å². The number of hydrogen-bond acceptors (Lipinski definition) is 3. The first-order chi connectivity index (χ1) is 12.3. The van der Waals surface area contributed by atoms with Crippen molar-refractivity contribution >= 4 is 22.5 Å². The van der Waals surface area contributed by atoms with E-state index in [0.717, 1.165) is 12.5 Å². The Morgan fingerprint density at radius 3 is 2.81 bits per heavy atom. The fraction of sp³-hybridized carbons (Fsp3) is 0.368. The van der Waals surface area contributed by atoms with Crippen molar-refractivity contribution in [2.45, 2.75) is 25.6 Å². The molecule has 136 valence electrons. The first-order valence-corrected chi connectivity index (χ1v) is 8.26. The first kappa shape index (κ1) is 18.1. The molecule has 7 heteroatoms. The van der Waals surface area contributed by atoms with Gasteiger partial charge in [-0.15, -0.1) is 6.42 Å². The van der Waals surface area contributed by atoms with Crippen LogP contribution in [0.15, 0.2) is 30.5 Å². The van der Waals surface area contributed by atoms with Gasteiger partial charge in [0.1, 0.15) is 0 Å². The Hall–Kier alpha value is -2.75. The van der Waals surface area contributed by atoms with Crippen molar-refractivity contribution in [3.63, 3.8) is 0 Å². The summed E-state index contributed by atoms with van der Waals surface area (Å²) in [5, 5.41) is 3.21. The number of halogens is 3. The van der Waals surface area contributed by atoms with Crippen LogP contribution in [0.25, 0.3) is 10.9 Å². The molecule has 1 amide bonds. The Bertz CT molecular complexity index is 872. The number of benzene rings is 1. The molecule has 1 aromatic carbocycles. The molecule has 0 saturated carbocycles. The number of pyridine rings is 1. The maximum atomic E-state index is 13.3. The molecule has 2 atom stereocenters. The standard InChI is InChI=1S/C19H18F3N3O/c1-3-17(26)24-13-9-12(2)10-25(11-13)16-7-6-15(19(20,21)22)18-14(16)5-4-8-23-18/h1,4-8,12-13H,9-11H2,2H3,(H,24,26)/t12-,13?/m0/s1. The van der Waals surface area contributed by atoms with Crippen LogP contribution in [0.3, 0.4) is 0 Å². The maximum Gasteiger partial charge on any atom is 0.418 e. The van der Waals surface area contributed by atoms with E-state index in [2.05, 4.69) is 10.3 Å². The molecule has 1 unspecified atom stereocenters.